The fraction of sp³-hybridized carbons (Fsp3) is 0.571. The highest BCUT2D eigenvalue weighted by Gasteiger charge is 2.15. The van der Waals surface area contributed by atoms with Gasteiger partial charge in [0.15, 0.2) is 11.5 Å². The van der Waals surface area contributed by atoms with Gasteiger partial charge >= 0.3 is 0 Å². The molecule has 0 saturated carbocycles. The molecule has 0 aliphatic carbocycles. The smallest absolute Gasteiger partial charge is 0.160 e. The summed E-state index contributed by atoms with van der Waals surface area (Å²) in [7, 11) is 3.31. The van der Waals surface area contributed by atoms with Crippen LogP contribution < -0.4 is 15.2 Å². The van der Waals surface area contributed by atoms with Gasteiger partial charge in [-0.05, 0) is 42.5 Å². The van der Waals surface area contributed by atoms with Gasteiger partial charge in [-0.3, -0.25) is 0 Å². The minimum atomic E-state index is 0.188. The highest BCUT2D eigenvalue weighted by molar-refractivity contribution is 5.42. The number of hydrogen-bond donors (Lipinski definition) is 1. The quantitative estimate of drug-likeness (QED) is 0.827. The van der Waals surface area contributed by atoms with Crippen molar-refractivity contribution in [3.05, 3.63) is 23.8 Å². The second kappa shape index (κ2) is 5.92. The second-order valence-corrected chi connectivity index (χ2v) is 5.06. The maximum Gasteiger partial charge on any atom is 0.160 e. The maximum atomic E-state index is 5.73. The van der Waals surface area contributed by atoms with Crippen molar-refractivity contribution in [2.24, 2.45) is 11.1 Å². The zero-order chi connectivity index (χ0) is 12.9. The molecule has 0 spiro atoms. The second-order valence-electron chi connectivity index (χ2n) is 5.06. The molecule has 0 atom stereocenters. The number of hydrogen-bond acceptors (Lipinski definition) is 3. The summed E-state index contributed by atoms with van der Waals surface area (Å²) < 4.78 is 10.5. The molecule has 0 aromatic heterocycles. The zero-order valence-electron chi connectivity index (χ0n) is 11.2. The van der Waals surface area contributed by atoms with Gasteiger partial charge in [0.1, 0.15) is 0 Å². The molecule has 0 heterocycles. The van der Waals surface area contributed by atoms with E-state index in [4.69, 9.17) is 15.2 Å². The first-order valence-electron chi connectivity index (χ1n) is 5.93. The standard InChI is InChI=1S/C14H23NO2/c1-14(2,10-15)8-7-11-5-6-12(16-3)13(9-11)17-4/h5-6,9H,7-8,10,15H2,1-4H3. The SMILES string of the molecule is COc1ccc(CCC(C)(C)CN)cc1OC. The summed E-state index contributed by atoms with van der Waals surface area (Å²) >= 11 is 0. The van der Waals surface area contributed by atoms with Crippen LogP contribution in [0.15, 0.2) is 18.2 Å². The molecule has 0 radical (unpaired) electrons. The monoisotopic (exact) mass is 237 g/mol. The lowest BCUT2D eigenvalue weighted by Gasteiger charge is -2.22. The summed E-state index contributed by atoms with van der Waals surface area (Å²) in [4.78, 5) is 0. The van der Waals surface area contributed by atoms with Crippen LogP contribution in [0.2, 0.25) is 0 Å². The summed E-state index contributed by atoms with van der Waals surface area (Å²) in [6.07, 6.45) is 2.07. The fourth-order valence-corrected chi connectivity index (χ4v) is 1.62. The van der Waals surface area contributed by atoms with E-state index in [0.717, 1.165) is 24.3 Å². The van der Waals surface area contributed by atoms with Crippen LogP contribution in [0.1, 0.15) is 25.8 Å². The Morgan fingerprint density at radius 3 is 2.29 bits per heavy atom. The van der Waals surface area contributed by atoms with Gasteiger partial charge in [0, 0.05) is 0 Å². The third-order valence-corrected chi connectivity index (χ3v) is 3.09. The third kappa shape index (κ3) is 3.93. The van der Waals surface area contributed by atoms with Gasteiger partial charge in [0.05, 0.1) is 14.2 Å². The summed E-state index contributed by atoms with van der Waals surface area (Å²) in [5.74, 6) is 1.56. The van der Waals surface area contributed by atoms with Crippen LogP contribution in [-0.4, -0.2) is 20.8 Å². The minimum absolute atomic E-state index is 0.188. The lowest BCUT2D eigenvalue weighted by Crippen LogP contribution is -2.24. The van der Waals surface area contributed by atoms with E-state index in [-0.39, 0.29) is 5.41 Å². The Balaban J connectivity index is 2.73. The molecule has 1 rings (SSSR count). The Morgan fingerprint density at radius 1 is 1.12 bits per heavy atom. The fourth-order valence-electron chi connectivity index (χ4n) is 1.62. The van der Waals surface area contributed by atoms with E-state index in [1.165, 1.54) is 5.56 Å². The highest BCUT2D eigenvalue weighted by atomic mass is 16.5. The van der Waals surface area contributed by atoms with Gasteiger partial charge in [-0.25, -0.2) is 0 Å². The van der Waals surface area contributed by atoms with Gasteiger partial charge in [0.25, 0.3) is 0 Å². The van der Waals surface area contributed by atoms with Crippen LogP contribution in [0.4, 0.5) is 0 Å². The van der Waals surface area contributed by atoms with Crippen LogP contribution in [0.3, 0.4) is 0 Å². The first-order valence-corrected chi connectivity index (χ1v) is 5.93. The molecule has 0 fully saturated rings. The molecule has 3 heteroatoms. The number of aryl methyl sites for hydroxylation is 1. The molecule has 17 heavy (non-hydrogen) atoms. The molecule has 0 aliphatic rings. The summed E-state index contributed by atoms with van der Waals surface area (Å²) in [5.41, 5.74) is 7.17. The van der Waals surface area contributed by atoms with E-state index in [1.807, 2.05) is 12.1 Å². The Morgan fingerprint density at radius 2 is 1.76 bits per heavy atom. The molecule has 0 saturated heterocycles. The van der Waals surface area contributed by atoms with E-state index in [2.05, 4.69) is 19.9 Å². The van der Waals surface area contributed by atoms with Crippen LogP contribution in [0, 0.1) is 5.41 Å². The lowest BCUT2D eigenvalue weighted by atomic mass is 9.86. The normalized spacial score (nSPS) is 11.4. The maximum absolute atomic E-state index is 5.73. The van der Waals surface area contributed by atoms with Gasteiger partial charge in [0.2, 0.25) is 0 Å². The molecular formula is C14H23NO2. The van der Waals surface area contributed by atoms with Crippen molar-refractivity contribution in [1.82, 2.24) is 0 Å². The summed E-state index contributed by atoms with van der Waals surface area (Å²) in [6, 6.07) is 6.06. The van der Waals surface area contributed by atoms with Gasteiger partial charge < -0.3 is 15.2 Å². The minimum Gasteiger partial charge on any atom is -0.493 e. The number of ether oxygens (including phenoxy) is 2. The third-order valence-electron chi connectivity index (χ3n) is 3.09. The van der Waals surface area contributed by atoms with Crippen molar-refractivity contribution in [1.29, 1.82) is 0 Å². The van der Waals surface area contributed by atoms with E-state index in [0.29, 0.717) is 6.54 Å². The van der Waals surface area contributed by atoms with Crippen molar-refractivity contribution >= 4 is 0 Å². The summed E-state index contributed by atoms with van der Waals surface area (Å²) in [6.45, 7) is 5.09. The largest absolute Gasteiger partial charge is 0.493 e. The number of methoxy groups -OCH3 is 2. The van der Waals surface area contributed by atoms with Crippen molar-refractivity contribution in [3.8, 4) is 11.5 Å². The molecule has 2 N–H and O–H groups in total. The summed E-state index contributed by atoms with van der Waals surface area (Å²) in [5, 5.41) is 0. The number of nitrogens with two attached hydrogens (primary N) is 1. The predicted octanol–water partition coefficient (Wildman–Crippen LogP) is 2.62. The van der Waals surface area contributed by atoms with Gasteiger partial charge in [-0.15, -0.1) is 0 Å². The average Bonchev–Trinajstić information content (AvgIpc) is 2.36. The van der Waals surface area contributed by atoms with Crippen molar-refractivity contribution < 1.29 is 9.47 Å². The number of benzene rings is 1. The molecule has 0 aliphatic heterocycles. The van der Waals surface area contributed by atoms with Crippen LogP contribution in [0.5, 0.6) is 11.5 Å². The van der Waals surface area contributed by atoms with E-state index >= 15 is 0 Å². The lowest BCUT2D eigenvalue weighted by molar-refractivity contribution is 0.344. The Kier molecular flexibility index (Phi) is 4.82. The van der Waals surface area contributed by atoms with Crippen molar-refractivity contribution in [2.75, 3.05) is 20.8 Å². The predicted molar refractivity (Wildman–Crippen MR) is 70.7 cm³/mol. The molecule has 0 bridgehead atoms. The van der Waals surface area contributed by atoms with Gasteiger partial charge in [-0.1, -0.05) is 19.9 Å². The zero-order valence-corrected chi connectivity index (χ0v) is 11.2. The van der Waals surface area contributed by atoms with E-state index in [1.54, 1.807) is 14.2 Å². The van der Waals surface area contributed by atoms with Crippen LogP contribution in [0.25, 0.3) is 0 Å². The van der Waals surface area contributed by atoms with E-state index in [9.17, 15) is 0 Å². The van der Waals surface area contributed by atoms with E-state index < -0.39 is 0 Å². The van der Waals surface area contributed by atoms with Crippen LogP contribution in [-0.2, 0) is 6.42 Å². The van der Waals surface area contributed by atoms with Gasteiger partial charge in [-0.2, -0.15) is 0 Å². The van der Waals surface area contributed by atoms with Crippen molar-refractivity contribution in [2.45, 2.75) is 26.7 Å². The first kappa shape index (κ1) is 13.8. The van der Waals surface area contributed by atoms with Crippen LogP contribution >= 0.6 is 0 Å². The molecular weight excluding hydrogens is 214 g/mol. The average molecular weight is 237 g/mol. The Hall–Kier alpha value is -1.22. The highest BCUT2D eigenvalue weighted by Crippen LogP contribution is 2.29. The molecule has 1 aromatic carbocycles. The van der Waals surface area contributed by atoms with Crippen molar-refractivity contribution in [3.63, 3.8) is 0 Å². The molecule has 3 nitrogen and oxygen atoms in total. The molecule has 0 unspecified atom stereocenters. The topological polar surface area (TPSA) is 44.5 Å². The Labute approximate surface area is 104 Å². The molecule has 96 valence electrons. The molecule has 1 aromatic rings. The molecule has 0 amide bonds. The number of rotatable bonds is 6. The first-order chi connectivity index (χ1) is 8.02. The Bertz CT molecular complexity index is 361.